The van der Waals surface area contributed by atoms with Crippen LogP contribution in [0.5, 0.6) is 0 Å². The molecule has 0 aliphatic carbocycles. The molecule has 1 saturated heterocycles. The molecule has 0 aromatic heterocycles. The molecule has 0 amide bonds. The van der Waals surface area contributed by atoms with Gasteiger partial charge in [0.1, 0.15) is 0 Å². The molecule has 4 heteroatoms. The Morgan fingerprint density at radius 3 is 1.50 bits per heavy atom. The zero-order valence-corrected chi connectivity index (χ0v) is 21.8. The number of rotatable bonds is 6. The van der Waals surface area contributed by atoms with Gasteiger partial charge in [0, 0.05) is 0 Å². The van der Waals surface area contributed by atoms with Crippen LogP contribution in [0.15, 0.2) is 91.0 Å². The van der Waals surface area contributed by atoms with Gasteiger partial charge >= 0.3 is 199 Å². The van der Waals surface area contributed by atoms with Gasteiger partial charge in [-0.1, -0.05) is 0 Å². The molecule has 0 nitrogen and oxygen atoms in total. The summed E-state index contributed by atoms with van der Waals surface area (Å²) < 4.78 is 0.257. The second-order valence-electron chi connectivity index (χ2n) is 8.32. The SMILES string of the molecule is CC(CC1(C)SCCCS1)P(Br)(c1ccccc1)(c1ccccc1)c1ccccc1. The maximum atomic E-state index is 4.65. The predicted octanol–water partition coefficient (Wildman–Crippen LogP) is 7.19. The van der Waals surface area contributed by atoms with Gasteiger partial charge in [0.15, 0.2) is 0 Å². The van der Waals surface area contributed by atoms with E-state index in [0.29, 0.717) is 5.66 Å². The van der Waals surface area contributed by atoms with Crippen molar-refractivity contribution >= 4 is 60.2 Å². The van der Waals surface area contributed by atoms with Crippen LogP contribution in [0.25, 0.3) is 0 Å². The van der Waals surface area contributed by atoms with Gasteiger partial charge in [-0.05, 0) is 0 Å². The summed E-state index contributed by atoms with van der Waals surface area (Å²) in [6.07, 6.45) is 2.50. The zero-order chi connectivity index (χ0) is 21.1. The number of thioether (sulfide) groups is 2. The third-order valence-corrected chi connectivity index (χ3v) is 21.2. The van der Waals surface area contributed by atoms with Gasteiger partial charge in [-0.2, -0.15) is 0 Å². The van der Waals surface area contributed by atoms with E-state index >= 15 is 0 Å². The van der Waals surface area contributed by atoms with Crippen LogP contribution >= 0.6 is 44.3 Å². The van der Waals surface area contributed by atoms with E-state index in [9.17, 15) is 0 Å². The summed E-state index contributed by atoms with van der Waals surface area (Å²) >= 11 is 8.96. The molecule has 158 valence electrons. The first-order valence-corrected chi connectivity index (χ1v) is 16.9. The molecule has 1 unspecified atom stereocenters. The van der Waals surface area contributed by atoms with Crippen LogP contribution in [0.2, 0.25) is 0 Å². The monoisotopic (exact) mass is 516 g/mol. The van der Waals surface area contributed by atoms with Crippen molar-refractivity contribution in [3.05, 3.63) is 91.0 Å². The van der Waals surface area contributed by atoms with Crippen molar-refractivity contribution in [2.45, 2.75) is 36.4 Å². The van der Waals surface area contributed by atoms with E-state index in [2.05, 4.69) is 144 Å². The zero-order valence-electron chi connectivity index (χ0n) is 17.7. The molecule has 4 rings (SSSR count). The molecule has 1 aliphatic heterocycles. The normalized spacial score (nSPS) is 18.8. The fraction of sp³-hybridized carbons (Fsp3) is 0.308. The third kappa shape index (κ3) is 3.81. The molecular weight excluding hydrogens is 487 g/mol. The summed E-state index contributed by atoms with van der Waals surface area (Å²) in [5, 5.41) is 1.36. The predicted molar refractivity (Wildman–Crippen MR) is 146 cm³/mol. The standard InChI is InChI=1S/C26H30BrPS2/c1-22(21-26(2)29-19-12-20-30-26)28(27,23-13-6-3-7-14-23,24-15-8-4-9-16-24)25-17-10-5-11-18-25/h3-11,13-18,22H,12,19-21H2,1-2H3. The first-order valence-electron chi connectivity index (χ1n) is 10.7. The average Bonchev–Trinajstić information content (AvgIpc) is 2.80. The van der Waals surface area contributed by atoms with Gasteiger partial charge in [-0.25, -0.2) is 0 Å². The van der Waals surface area contributed by atoms with Crippen LogP contribution in [0, 0.1) is 0 Å². The number of hydrogen-bond donors (Lipinski definition) is 0. The van der Waals surface area contributed by atoms with Gasteiger partial charge in [0.2, 0.25) is 0 Å². The van der Waals surface area contributed by atoms with Crippen molar-refractivity contribution in [2.24, 2.45) is 0 Å². The molecule has 0 N–H and O–H groups in total. The second kappa shape index (κ2) is 9.02. The molecule has 0 radical (unpaired) electrons. The van der Waals surface area contributed by atoms with Gasteiger partial charge < -0.3 is 0 Å². The molecular formula is C26H30BrPS2. The fourth-order valence-electron chi connectivity index (χ4n) is 4.87. The first-order chi connectivity index (χ1) is 14.5. The van der Waals surface area contributed by atoms with Gasteiger partial charge in [-0.15, -0.1) is 0 Å². The number of hydrogen-bond acceptors (Lipinski definition) is 2. The Bertz CT molecular complexity index is 857. The van der Waals surface area contributed by atoms with E-state index in [0.717, 1.165) is 0 Å². The van der Waals surface area contributed by atoms with Crippen molar-refractivity contribution in [2.75, 3.05) is 11.5 Å². The van der Waals surface area contributed by atoms with E-state index in [-0.39, 0.29) is 4.08 Å². The van der Waals surface area contributed by atoms with E-state index in [1.807, 2.05) is 0 Å². The fourth-order valence-corrected chi connectivity index (χ4v) is 16.3. The van der Waals surface area contributed by atoms with Crippen LogP contribution in [0.3, 0.4) is 0 Å². The second-order valence-corrected chi connectivity index (χ2v) is 20.8. The van der Waals surface area contributed by atoms with Crippen LogP contribution in [0.1, 0.15) is 26.7 Å². The summed E-state index contributed by atoms with van der Waals surface area (Å²) in [7, 11) is 0. The number of benzene rings is 3. The topological polar surface area (TPSA) is 0 Å². The van der Waals surface area contributed by atoms with Crippen LogP contribution in [-0.4, -0.2) is 21.2 Å². The molecule has 0 saturated carbocycles. The van der Waals surface area contributed by atoms with Crippen LogP contribution < -0.4 is 15.9 Å². The summed E-state index contributed by atoms with van der Waals surface area (Å²) in [6.45, 7) is 4.95. The molecule has 3 aromatic rings. The van der Waals surface area contributed by atoms with Crippen LogP contribution in [0.4, 0.5) is 0 Å². The Morgan fingerprint density at radius 2 is 1.13 bits per heavy atom. The minimum absolute atomic E-state index is 0.257. The molecule has 1 atom stereocenters. The molecule has 30 heavy (non-hydrogen) atoms. The third-order valence-electron chi connectivity index (χ3n) is 6.38. The minimum atomic E-state index is -2.89. The molecule has 1 aliphatic rings. The van der Waals surface area contributed by atoms with Crippen molar-refractivity contribution in [3.8, 4) is 0 Å². The van der Waals surface area contributed by atoms with Crippen molar-refractivity contribution < 1.29 is 0 Å². The number of halogens is 1. The Kier molecular flexibility index (Phi) is 6.76. The summed E-state index contributed by atoms with van der Waals surface area (Å²) in [5.41, 5.74) is 0.450. The Balaban J connectivity index is 1.98. The van der Waals surface area contributed by atoms with Crippen molar-refractivity contribution in [1.29, 1.82) is 0 Å². The Hall–Kier alpha value is -0.730. The van der Waals surface area contributed by atoms with E-state index in [4.69, 9.17) is 0 Å². The average molecular weight is 518 g/mol. The van der Waals surface area contributed by atoms with Gasteiger partial charge in [0.05, 0.1) is 0 Å². The van der Waals surface area contributed by atoms with E-state index in [1.165, 1.54) is 40.3 Å². The summed E-state index contributed by atoms with van der Waals surface area (Å²) in [6, 6.07) is 33.6. The Morgan fingerprint density at radius 1 is 0.767 bits per heavy atom. The quantitative estimate of drug-likeness (QED) is 0.318. The summed E-state index contributed by atoms with van der Waals surface area (Å²) in [5.74, 6) is 2.55. The van der Waals surface area contributed by atoms with Crippen LogP contribution in [-0.2, 0) is 0 Å². The molecule has 3 aromatic carbocycles. The molecule has 1 fully saturated rings. The van der Waals surface area contributed by atoms with E-state index in [1.54, 1.807) is 0 Å². The maximum absolute atomic E-state index is 4.65. The molecule has 0 bridgehead atoms. The first kappa shape index (κ1) is 22.5. The summed E-state index contributed by atoms with van der Waals surface area (Å²) in [4.78, 5) is 0. The Labute approximate surface area is 198 Å². The van der Waals surface area contributed by atoms with Crippen molar-refractivity contribution in [3.63, 3.8) is 0 Å². The van der Waals surface area contributed by atoms with Gasteiger partial charge in [-0.3, -0.25) is 0 Å². The van der Waals surface area contributed by atoms with E-state index < -0.39 is 5.31 Å². The van der Waals surface area contributed by atoms with Crippen molar-refractivity contribution in [1.82, 2.24) is 0 Å². The molecule has 1 heterocycles. The molecule has 0 spiro atoms. The van der Waals surface area contributed by atoms with Gasteiger partial charge in [0.25, 0.3) is 0 Å².